The summed E-state index contributed by atoms with van der Waals surface area (Å²) in [7, 11) is 0. The van der Waals surface area contributed by atoms with Crippen molar-refractivity contribution in [3.63, 3.8) is 0 Å². The number of aryl methyl sites for hydroxylation is 1. The third-order valence-electron chi connectivity index (χ3n) is 2.59. The Morgan fingerprint density at radius 1 is 1.32 bits per heavy atom. The van der Waals surface area contributed by atoms with Crippen LogP contribution in [0.25, 0.3) is 0 Å². The lowest BCUT2D eigenvalue weighted by molar-refractivity contribution is 0.287. The number of nitrogens with two attached hydrogens (primary N) is 1. The van der Waals surface area contributed by atoms with Gasteiger partial charge in [-0.3, -0.25) is 0 Å². The van der Waals surface area contributed by atoms with Crippen molar-refractivity contribution in [2.75, 3.05) is 0 Å². The van der Waals surface area contributed by atoms with Gasteiger partial charge in [0, 0.05) is 11.3 Å². The van der Waals surface area contributed by atoms with Gasteiger partial charge in [0.1, 0.15) is 17.4 Å². The quantitative estimate of drug-likeness (QED) is 0.872. The van der Waals surface area contributed by atoms with Gasteiger partial charge < -0.3 is 10.5 Å². The molecule has 0 aliphatic rings. The molecule has 2 N–H and O–H groups in total. The summed E-state index contributed by atoms with van der Waals surface area (Å²) in [5.41, 5.74) is 7.39. The first-order valence-electron chi connectivity index (χ1n) is 5.71. The van der Waals surface area contributed by atoms with Gasteiger partial charge in [0.05, 0.1) is 5.56 Å². The van der Waals surface area contributed by atoms with Crippen LogP contribution in [-0.4, -0.2) is 9.97 Å². The van der Waals surface area contributed by atoms with Gasteiger partial charge in [0.15, 0.2) is 0 Å². The molecular weight excluding hydrogens is 263 g/mol. The second kappa shape index (κ2) is 5.75. The maximum Gasteiger partial charge on any atom is 0.224 e. The highest BCUT2D eigenvalue weighted by Crippen LogP contribution is 2.18. The first kappa shape index (κ1) is 13.4. The van der Waals surface area contributed by atoms with E-state index in [2.05, 4.69) is 4.98 Å². The number of benzene rings is 1. The van der Waals surface area contributed by atoms with Gasteiger partial charge >= 0.3 is 0 Å². The number of hydrogen-bond acceptors (Lipinski definition) is 3. The molecule has 0 aliphatic heterocycles. The predicted octanol–water partition coefficient (Wildman–Crippen LogP) is 2.74. The highest BCUT2D eigenvalue weighted by molar-refractivity contribution is 7.80. The van der Waals surface area contributed by atoms with Crippen molar-refractivity contribution < 1.29 is 9.13 Å². The van der Waals surface area contributed by atoms with Crippen molar-refractivity contribution in [3.8, 4) is 5.88 Å². The Morgan fingerprint density at radius 3 is 2.74 bits per heavy atom. The Kier molecular flexibility index (Phi) is 4.06. The lowest BCUT2D eigenvalue weighted by Crippen LogP contribution is -2.13. The van der Waals surface area contributed by atoms with Crippen LogP contribution in [0.1, 0.15) is 16.8 Å². The monoisotopic (exact) mass is 276 g/mol. The minimum absolute atomic E-state index is 0.0821. The van der Waals surface area contributed by atoms with E-state index in [1.807, 2.05) is 6.92 Å². The molecule has 1 aromatic carbocycles. The van der Waals surface area contributed by atoms with Crippen LogP contribution in [0.2, 0.25) is 0 Å². The zero-order chi connectivity index (χ0) is 13.8. The van der Waals surface area contributed by atoms with Gasteiger partial charge in [-0.15, -0.1) is 0 Å². The van der Waals surface area contributed by atoms with E-state index in [-0.39, 0.29) is 17.4 Å². The van der Waals surface area contributed by atoms with Crippen LogP contribution in [0.3, 0.4) is 0 Å². The topological polar surface area (TPSA) is 48.1 Å². The Hall–Kier alpha value is -2.01. The molecule has 2 rings (SSSR count). The second-order valence-corrected chi connectivity index (χ2v) is 4.49. The molecule has 0 saturated carbocycles. The fourth-order valence-electron chi connectivity index (χ4n) is 1.59. The van der Waals surface area contributed by atoms with Gasteiger partial charge in [-0.2, -0.15) is 0 Å². The first-order valence-corrected chi connectivity index (χ1v) is 6.12. The van der Waals surface area contributed by atoms with E-state index in [0.717, 1.165) is 5.69 Å². The number of aromatic nitrogens is 1. The average Bonchev–Trinajstić information content (AvgIpc) is 2.37. The molecule has 1 heterocycles. The van der Waals surface area contributed by atoms with Crippen molar-refractivity contribution in [2.45, 2.75) is 13.5 Å². The molecule has 5 heteroatoms. The summed E-state index contributed by atoms with van der Waals surface area (Å²) in [6.45, 7) is 1.91. The van der Waals surface area contributed by atoms with E-state index >= 15 is 0 Å². The molecule has 0 amide bonds. The average molecular weight is 276 g/mol. The molecule has 0 bridgehead atoms. The number of ether oxygens (including phenoxy) is 1. The smallest absolute Gasteiger partial charge is 0.224 e. The molecule has 0 spiro atoms. The summed E-state index contributed by atoms with van der Waals surface area (Å²) >= 11 is 4.93. The number of nitrogens with zero attached hydrogens (tertiary/aromatic N) is 1. The molecule has 0 radical (unpaired) electrons. The van der Waals surface area contributed by atoms with Crippen LogP contribution in [0.4, 0.5) is 4.39 Å². The molecule has 1 aromatic heterocycles. The largest absolute Gasteiger partial charge is 0.472 e. The highest BCUT2D eigenvalue weighted by Gasteiger charge is 2.10. The molecular formula is C14H13FN2OS. The number of pyridine rings is 1. The lowest BCUT2D eigenvalue weighted by Gasteiger charge is -2.10. The SMILES string of the molecule is Cc1ccc(C(N)=S)c(OCc2ccccc2F)n1. The van der Waals surface area contributed by atoms with Crippen molar-refractivity contribution in [3.05, 3.63) is 59.0 Å². The lowest BCUT2D eigenvalue weighted by atomic mass is 10.2. The van der Waals surface area contributed by atoms with Crippen LogP contribution >= 0.6 is 12.2 Å². The molecule has 0 atom stereocenters. The van der Waals surface area contributed by atoms with Crippen LogP contribution in [0, 0.1) is 12.7 Å². The van der Waals surface area contributed by atoms with E-state index in [1.54, 1.807) is 30.3 Å². The minimum Gasteiger partial charge on any atom is -0.472 e. The van der Waals surface area contributed by atoms with E-state index in [1.165, 1.54) is 6.07 Å². The van der Waals surface area contributed by atoms with E-state index in [0.29, 0.717) is 17.0 Å². The Balaban J connectivity index is 2.22. The predicted molar refractivity (Wildman–Crippen MR) is 75.6 cm³/mol. The van der Waals surface area contributed by atoms with Crippen LogP contribution in [0.15, 0.2) is 36.4 Å². The molecule has 0 aliphatic carbocycles. The van der Waals surface area contributed by atoms with Gasteiger partial charge in [0.2, 0.25) is 5.88 Å². The van der Waals surface area contributed by atoms with Crippen molar-refractivity contribution >= 4 is 17.2 Å². The molecule has 19 heavy (non-hydrogen) atoms. The van der Waals surface area contributed by atoms with Gasteiger partial charge in [-0.25, -0.2) is 9.37 Å². The van der Waals surface area contributed by atoms with Crippen LogP contribution < -0.4 is 10.5 Å². The summed E-state index contributed by atoms with van der Waals surface area (Å²) in [6.07, 6.45) is 0. The van der Waals surface area contributed by atoms with E-state index in [4.69, 9.17) is 22.7 Å². The first-order chi connectivity index (χ1) is 9.08. The minimum atomic E-state index is -0.313. The number of hydrogen-bond donors (Lipinski definition) is 1. The molecule has 98 valence electrons. The maximum atomic E-state index is 13.5. The summed E-state index contributed by atoms with van der Waals surface area (Å²) in [6, 6.07) is 9.97. The fraction of sp³-hybridized carbons (Fsp3) is 0.143. The molecule has 2 aromatic rings. The standard InChI is InChI=1S/C14H13FN2OS/c1-9-6-7-11(13(16)19)14(17-9)18-8-10-4-2-3-5-12(10)15/h2-7H,8H2,1H3,(H2,16,19). The third kappa shape index (κ3) is 3.26. The second-order valence-electron chi connectivity index (χ2n) is 4.05. The van der Waals surface area contributed by atoms with Gasteiger partial charge in [0.25, 0.3) is 0 Å². The summed E-state index contributed by atoms with van der Waals surface area (Å²) in [5, 5.41) is 0. The maximum absolute atomic E-state index is 13.5. The van der Waals surface area contributed by atoms with Crippen molar-refractivity contribution in [2.24, 2.45) is 5.73 Å². The Labute approximate surface area is 116 Å². The number of rotatable bonds is 4. The molecule has 0 fully saturated rings. The molecule has 0 saturated heterocycles. The van der Waals surface area contributed by atoms with Gasteiger partial charge in [-0.05, 0) is 25.1 Å². The summed E-state index contributed by atoms with van der Waals surface area (Å²) in [5.74, 6) is 0.0165. The Morgan fingerprint density at radius 2 is 2.05 bits per heavy atom. The van der Waals surface area contributed by atoms with E-state index < -0.39 is 0 Å². The van der Waals surface area contributed by atoms with Crippen LogP contribution in [-0.2, 0) is 6.61 Å². The highest BCUT2D eigenvalue weighted by atomic mass is 32.1. The Bertz CT molecular complexity index is 616. The van der Waals surface area contributed by atoms with E-state index in [9.17, 15) is 4.39 Å². The number of halogens is 1. The van der Waals surface area contributed by atoms with Gasteiger partial charge in [-0.1, -0.05) is 30.4 Å². The zero-order valence-corrected chi connectivity index (χ0v) is 11.2. The van der Waals surface area contributed by atoms with Crippen molar-refractivity contribution in [1.82, 2.24) is 4.98 Å². The third-order valence-corrected chi connectivity index (χ3v) is 2.81. The summed E-state index contributed by atoms with van der Waals surface area (Å²) < 4.78 is 19.0. The number of thiocarbonyl (C=S) groups is 1. The zero-order valence-electron chi connectivity index (χ0n) is 10.4. The molecule has 0 unspecified atom stereocenters. The fourth-order valence-corrected chi connectivity index (χ4v) is 1.75. The van der Waals surface area contributed by atoms with Crippen molar-refractivity contribution in [1.29, 1.82) is 0 Å². The van der Waals surface area contributed by atoms with Crippen LogP contribution in [0.5, 0.6) is 5.88 Å². The summed E-state index contributed by atoms with van der Waals surface area (Å²) in [4.78, 5) is 4.43. The molecule has 3 nitrogen and oxygen atoms in total. The normalized spacial score (nSPS) is 10.2.